The second-order valence-corrected chi connectivity index (χ2v) is 6.77. The van der Waals surface area contributed by atoms with Crippen molar-refractivity contribution < 1.29 is 4.74 Å². The molecule has 1 aliphatic rings. The van der Waals surface area contributed by atoms with Crippen LogP contribution in [0, 0.1) is 0 Å². The highest BCUT2D eigenvalue weighted by molar-refractivity contribution is 5.79. The van der Waals surface area contributed by atoms with E-state index < -0.39 is 0 Å². The predicted molar refractivity (Wildman–Crippen MR) is 88.8 cm³/mol. The Labute approximate surface area is 133 Å². The lowest BCUT2D eigenvalue weighted by Crippen LogP contribution is -2.47. The molecule has 6 heteroatoms. The van der Waals surface area contributed by atoms with E-state index in [0.717, 1.165) is 37.7 Å². The van der Waals surface area contributed by atoms with Crippen molar-refractivity contribution >= 4 is 5.96 Å². The summed E-state index contributed by atoms with van der Waals surface area (Å²) in [4.78, 5) is 11.0. The monoisotopic (exact) mass is 307 g/mol. The summed E-state index contributed by atoms with van der Waals surface area (Å²) in [7, 11) is 3.83. The van der Waals surface area contributed by atoms with Gasteiger partial charge in [-0.2, -0.15) is 0 Å². The molecule has 1 aliphatic heterocycles. The van der Waals surface area contributed by atoms with Crippen LogP contribution in [0.4, 0.5) is 0 Å². The largest absolute Gasteiger partial charge is 0.372 e. The smallest absolute Gasteiger partial charge is 0.194 e. The molecule has 0 aliphatic carbocycles. The number of ether oxygens (including phenoxy) is 1. The zero-order chi connectivity index (χ0) is 16.2. The summed E-state index contributed by atoms with van der Waals surface area (Å²) in [6, 6.07) is 0. The third-order valence-electron chi connectivity index (χ3n) is 3.80. The van der Waals surface area contributed by atoms with Gasteiger partial charge < -0.3 is 19.5 Å². The molecule has 0 spiro atoms. The summed E-state index contributed by atoms with van der Waals surface area (Å²) in [5.41, 5.74) is -0.0645. The minimum atomic E-state index is -0.0645. The molecule has 0 aromatic carbocycles. The van der Waals surface area contributed by atoms with E-state index in [9.17, 15) is 0 Å². The van der Waals surface area contributed by atoms with E-state index >= 15 is 0 Å². The van der Waals surface area contributed by atoms with Gasteiger partial charge in [0.25, 0.3) is 0 Å². The second kappa shape index (κ2) is 7.13. The lowest BCUT2D eigenvalue weighted by molar-refractivity contribution is -0.0772. The highest BCUT2D eigenvalue weighted by Gasteiger charge is 2.25. The number of hydrogen-bond donors (Lipinski definition) is 1. The maximum absolute atomic E-state index is 6.07. The van der Waals surface area contributed by atoms with E-state index in [1.165, 1.54) is 0 Å². The molecule has 0 saturated carbocycles. The topological polar surface area (TPSA) is 54.7 Å². The maximum Gasteiger partial charge on any atom is 0.194 e. The molecule has 0 radical (unpaired) electrons. The van der Waals surface area contributed by atoms with Crippen molar-refractivity contribution in [2.75, 3.05) is 20.1 Å². The number of aromatic nitrogens is 2. The van der Waals surface area contributed by atoms with Gasteiger partial charge in [0.1, 0.15) is 5.82 Å². The van der Waals surface area contributed by atoms with Gasteiger partial charge in [0.2, 0.25) is 0 Å². The maximum atomic E-state index is 6.07. The fraction of sp³-hybridized carbons (Fsp3) is 0.750. The quantitative estimate of drug-likeness (QED) is 0.683. The van der Waals surface area contributed by atoms with Crippen LogP contribution in [-0.2, 0) is 18.3 Å². The Kier molecular flexibility index (Phi) is 5.45. The standard InChI is InChI=1S/C16H29N5O/c1-16(2,3)22-13-6-9-21(10-7-13)15(17-4)19-12-14-18-8-11-20(14)5/h8,11,13H,6-7,9-10,12H2,1-5H3,(H,17,19). The minimum absolute atomic E-state index is 0.0645. The molecule has 1 aromatic rings. The summed E-state index contributed by atoms with van der Waals surface area (Å²) < 4.78 is 8.09. The van der Waals surface area contributed by atoms with Crippen LogP contribution in [0.25, 0.3) is 0 Å². The summed E-state index contributed by atoms with van der Waals surface area (Å²) in [5, 5.41) is 3.40. The summed E-state index contributed by atoms with van der Waals surface area (Å²) >= 11 is 0. The Hall–Kier alpha value is -1.56. The average molecular weight is 307 g/mol. The van der Waals surface area contributed by atoms with Gasteiger partial charge in [-0.05, 0) is 33.6 Å². The fourth-order valence-electron chi connectivity index (χ4n) is 2.74. The van der Waals surface area contributed by atoms with Crippen molar-refractivity contribution in [3.8, 4) is 0 Å². The van der Waals surface area contributed by atoms with Gasteiger partial charge in [-0.25, -0.2) is 4.98 Å². The number of rotatable bonds is 3. The molecule has 2 rings (SSSR count). The van der Waals surface area contributed by atoms with Crippen LogP contribution in [0.5, 0.6) is 0 Å². The number of piperidine rings is 1. The van der Waals surface area contributed by atoms with Crippen LogP contribution in [-0.4, -0.2) is 52.3 Å². The molecule has 0 atom stereocenters. The van der Waals surface area contributed by atoms with Crippen molar-refractivity contribution in [1.29, 1.82) is 0 Å². The SMILES string of the molecule is CN=C(NCc1nccn1C)N1CCC(OC(C)(C)C)CC1. The number of aliphatic imine (C=N–C) groups is 1. The summed E-state index contributed by atoms with van der Waals surface area (Å²) in [6.45, 7) is 8.99. The first kappa shape index (κ1) is 16.8. The van der Waals surface area contributed by atoms with E-state index in [2.05, 4.69) is 41.0 Å². The highest BCUT2D eigenvalue weighted by Crippen LogP contribution is 2.20. The van der Waals surface area contributed by atoms with Gasteiger partial charge in [-0.3, -0.25) is 4.99 Å². The normalized spacial score (nSPS) is 17.9. The third kappa shape index (κ3) is 4.73. The minimum Gasteiger partial charge on any atom is -0.372 e. The Morgan fingerprint density at radius 2 is 2.09 bits per heavy atom. The number of hydrogen-bond acceptors (Lipinski definition) is 3. The van der Waals surface area contributed by atoms with Crippen LogP contribution in [0.2, 0.25) is 0 Å². The molecule has 1 aromatic heterocycles. The molecule has 0 unspecified atom stereocenters. The molecule has 124 valence electrons. The lowest BCUT2D eigenvalue weighted by atomic mass is 10.1. The first-order chi connectivity index (χ1) is 10.4. The van der Waals surface area contributed by atoms with E-state index in [-0.39, 0.29) is 5.60 Å². The Balaban J connectivity index is 1.82. The molecule has 2 heterocycles. The molecule has 22 heavy (non-hydrogen) atoms. The fourth-order valence-corrected chi connectivity index (χ4v) is 2.74. The van der Waals surface area contributed by atoms with Gasteiger partial charge in [0, 0.05) is 39.6 Å². The molecular formula is C16H29N5O. The third-order valence-corrected chi connectivity index (χ3v) is 3.80. The second-order valence-electron chi connectivity index (χ2n) is 6.77. The van der Waals surface area contributed by atoms with Crippen LogP contribution >= 0.6 is 0 Å². The van der Waals surface area contributed by atoms with Gasteiger partial charge in [0.15, 0.2) is 5.96 Å². The molecule has 1 N–H and O–H groups in total. The van der Waals surface area contributed by atoms with Crippen LogP contribution in [0.1, 0.15) is 39.4 Å². The van der Waals surface area contributed by atoms with Crippen molar-refractivity contribution in [3.05, 3.63) is 18.2 Å². The molecule has 0 bridgehead atoms. The number of guanidine groups is 1. The molecule has 6 nitrogen and oxygen atoms in total. The van der Waals surface area contributed by atoms with Gasteiger partial charge in [0.05, 0.1) is 18.2 Å². The first-order valence-corrected chi connectivity index (χ1v) is 7.98. The Morgan fingerprint density at radius 1 is 1.41 bits per heavy atom. The average Bonchev–Trinajstić information content (AvgIpc) is 2.85. The van der Waals surface area contributed by atoms with E-state index in [1.54, 1.807) is 0 Å². The van der Waals surface area contributed by atoms with Crippen molar-refractivity contribution in [2.24, 2.45) is 12.0 Å². The molecule has 1 saturated heterocycles. The van der Waals surface area contributed by atoms with Gasteiger partial charge in [-0.1, -0.05) is 0 Å². The van der Waals surface area contributed by atoms with Crippen LogP contribution in [0.3, 0.4) is 0 Å². The summed E-state index contributed by atoms with van der Waals surface area (Å²) in [5.74, 6) is 1.95. The van der Waals surface area contributed by atoms with Crippen molar-refractivity contribution in [1.82, 2.24) is 19.8 Å². The zero-order valence-electron chi connectivity index (χ0n) is 14.5. The summed E-state index contributed by atoms with van der Waals surface area (Å²) in [6.07, 6.45) is 6.20. The van der Waals surface area contributed by atoms with E-state index in [1.807, 2.05) is 31.1 Å². The predicted octanol–water partition coefficient (Wildman–Crippen LogP) is 1.77. The number of imidazole rings is 1. The van der Waals surface area contributed by atoms with E-state index in [0.29, 0.717) is 12.6 Å². The van der Waals surface area contributed by atoms with Crippen LogP contribution in [0.15, 0.2) is 17.4 Å². The first-order valence-electron chi connectivity index (χ1n) is 7.98. The van der Waals surface area contributed by atoms with Crippen molar-refractivity contribution in [3.63, 3.8) is 0 Å². The highest BCUT2D eigenvalue weighted by atomic mass is 16.5. The van der Waals surface area contributed by atoms with Crippen LogP contribution < -0.4 is 5.32 Å². The number of aryl methyl sites for hydroxylation is 1. The zero-order valence-corrected chi connectivity index (χ0v) is 14.5. The van der Waals surface area contributed by atoms with E-state index in [4.69, 9.17) is 4.74 Å². The lowest BCUT2D eigenvalue weighted by Gasteiger charge is -2.36. The molecule has 0 amide bonds. The Morgan fingerprint density at radius 3 is 2.59 bits per heavy atom. The Bertz CT molecular complexity index is 495. The van der Waals surface area contributed by atoms with Gasteiger partial charge in [-0.15, -0.1) is 0 Å². The molecular weight excluding hydrogens is 278 g/mol. The number of likely N-dealkylation sites (tertiary alicyclic amines) is 1. The number of nitrogens with zero attached hydrogens (tertiary/aromatic N) is 4. The van der Waals surface area contributed by atoms with Gasteiger partial charge >= 0.3 is 0 Å². The molecule has 1 fully saturated rings. The number of nitrogens with one attached hydrogen (secondary N) is 1. The van der Waals surface area contributed by atoms with Crippen molar-refractivity contribution in [2.45, 2.75) is 51.9 Å².